The number of aliphatic carboxylic acids is 1. The molecule has 0 spiro atoms. The molecular weight excluding hydrogens is 309 g/mol. The second-order valence-corrected chi connectivity index (χ2v) is 5.71. The number of carbonyl (C=O) groups is 1. The van der Waals surface area contributed by atoms with Crippen molar-refractivity contribution < 1.29 is 19.0 Å². The number of ether oxygens (including phenoxy) is 1. The normalized spacial score (nSPS) is 11.0. The summed E-state index contributed by atoms with van der Waals surface area (Å²) >= 11 is 0. The van der Waals surface area contributed by atoms with E-state index in [2.05, 4.69) is 0 Å². The molecule has 3 rings (SSSR count). The van der Waals surface area contributed by atoms with E-state index in [0.717, 1.165) is 11.3 Å². The second-order valence-electron chi connectivity index (χ2n) is 5.71. The first kappa shape index (κ1) is 16.1. The fourth-order valence-electron chi connectivity index (χ4n) is 3.05. The molecule has 1 aromatic heterocycles. The molecule has 3 aromatic rings. The number of carboxylic acids is 1. The highest BCUT2D eigenvalue weighted by Crippen LogP contribution is 2.32. The SMILES string of the molecule is COc1cc2c(CC(=O)O)c(C)n(Cc3ccccc3)c2cc1F. The van der Waals surface area contributed by atoms with Gasteiger partial charge in [0.25, 0.3) is 0 Å². The molecule has 0 fully saturated rings. The highest BCUT2D eigenvalue weighted by Gasteiger charge is 2.19. The summed E-state index contributed by atoms with van der Waals surface area (Å²) in [5.41, 5.74) is 3.25. The summed E-state index contributed by atoms with van der Waals surface area (Å²) in [4.78, 5) is 11.2. The average Bonchev–Trinajstić information content (AvgIpc) is 2.80. The Morgan fingerprint density at radius 2 is 1.96 bits per heavy atom. The standard InChI is InChI=1S/C19H18FNO3/c1-12-14(9-19(22)23)15-8-18(24-2)16(20)10-17(15)21(12)11-13-6-4-3-5-7-13/h3-8,10H,9,11H2,1-2H3,(H,22,23). The lowest BCUT2D eigenvalue weighted by Gasteiger charge is -2.09. The molecule has 5 heteroatoms. The van der Waals surface area contributed by atoms with Gasteiger partial charge in [-0.1, -0.05) is 30.3 Å². The topological polar surface area (TPSA) is 51.5 Å². The number of carboxylic acid groups (broad SMARTS) is 1. The van der Waals surface area contributed by atoms with Gasteiger partial charge in [0.1, 0.15) is 0 Å². The van der Waals surface area contributed by atoms with Crippen molar-refractivity contribution in [1.82, 2.24) is 4.57 Å². The number of aromatic nitrogens is 1. The molecule has 0 aliphatic rings. The van der Waals surface area contributed by atoms with Crippen LogP contribution in [0.15, 0.2) is 42.5 Å². The Hall–Kier alpha value is -2.82. The van der Waals surface area contributed by atoms with Crippen LogP contribution in [-0.4, -0.2) is 22.8 Å². The summed E-state index contributed by atoms with van der Waals surface area (Å²) in [6.07, 6.45) is -0.112. The highest BCUT2D eigenvalue weighted by atomic mass is 19.1. The van der Waals surface area contributed by atoms with E-state index in [4.69, 9.17) is 4.74 Å². The maximum Gasteiger partial charge on any atom is 0.307 e. The van der Waals surface area contributed by atoms with Gasteiger partial charge in [0.2, 0.25) is 0 Å². The number of methoxy groups -OCH3 is 1. The monoisotopic (exact) mass is 327 g/mol. The van der Waals surface area contributed by atoms with Gasteiger partial charge in [0, 0.05) is 23.7 Å². The van der Waals surface area contributed by atoms with Crippen LogP contribution in [0, 0.1) is 12.7 Å². The number of fused-ring (bicyclic) bond motifs is 1. The molecule has 0 unspecified atom stereocenters. The first-order chi connectivity index (χ1) is 11.5. The molecular formula is C19H18FNO3. The summed E-state index contributed by atoms with van der Waals surface area (Å²) in [5, 5.41) is 9.93. The predicted octanol–water partition coefficient (Wildman–Crippen LogP) is 3.77. The summed E-state index contributed by atoms with van der Waals surface area (Å²) < 4.78 is 21.2. The number of halogens is 1. The van der Waals surface area contributed by atoms with Gasteiger partial charge >= 0.3 is 5.97 Å². The van der Waals surface area contributed by atoms with E-state index in [1.165, 1.54) is 13.2 Å². The average molecular weight is 327 g/mol. The number of rotatable bonds is 5. The summed E-state index contributed by atoms with van der Waals surface area (Å²) in [6.45, 7) is 2.42. The van der Waals surface area contributed by atoms with Gasteiger partial charge in [0.15, 0.2) is 11.6 Å². The quantitative estimate of drug-likeness (QED) is 0.776. The Bertz CT molecular complexity index is 900. The van der Waals surface area contributed by atoms with Crippen molar-refractivity contribution in [3.05, 3.63) is 65.1 Å². The number of benzene rings is 2. The van der Waals surface area contributed by atoms with E-state index in [0.29, 0.717) is 23.0 Å². The van der Waals surface area contributed by atoms with E-state index < -0.39 is 11.8 Å². The third-order valence-corrected chi connectivity index (χ3v) is 4.24. The molecule has 124 valence electrons. The van der Waals surface area contributed by atoms with Crippen molar-refractivity contribution in [2.45, 2.75) is 19.9 Å². The van der Waals surface area contributed by atoms with E-state index in [1.54, 1.807) is 6.07 Å². The molecule has 24 heavy (non-hydrogen) atoms. The molecule has 0 radical (unpaired) electrons. The predicted molar refractivity (Wildman–Crippen MR) is 90.1 cm³/mol. The fraction of sp³-hybridized carbons (Fsp3) is 0.211. The van der Waals surface area contributed by atoms with Crippen LogP contribution in [0.2, 0.25) is 0 Å². The summed E-state index contributed by atoms with van der Waals surface area (Å²) in [5.74, 6) is -1.26. The van der Waals surface area contributed by atoms with Crippen LogP contribution in [0.4, 0.5) is 4.39 Å². The zero-order valence-electron chi connectivity index (χ0n) is 13.5. The maximum absolute atomic E-state index is 14.2. The van der Waals surface area contributed by atoms with Crippen LogP contribution in [0.25, 0.3) is 10.9 Å². The third-order valence-electron chi connectivity index (χ3n) is 4.24. The molecule has 4 nitrogen and oxygen atoms in total. The van der Waals surface area contributed by atoms with Gasteiger partial charge in [-0.3, -0.25) is 4.79 Å². The first-order valence-electron chi connectivity index (χ1n) is 7.62. The van der Waals surface area contributed by atoms with Gasteiger partial charge in [-0.05, 0) is 24.1 Å². The molecule has 0 saturated carbocycles. The molecule has 0 bridgehead atoms. The van der Waals surface area contributed by atoms with Gasteiger partial charge in [0.05, 0.1) is 19.0 Å². The molecule has 1 heterocycles. The van der Waals surface area contributed by atoms with Crippen LogP contribution in [-0.2, 0) is 17.8 Å². The van der Waals surface area contributed by atoms with Crippen molar-refractivity contribution in [2.24, 2.45) is 0 Å². The molecule has 0 atom stereocenters. The first-order valence-corrected chi connectivity index (χ1v) is 7.62. The Morgan fingerprint density at radius 3 is 2.58 bits per heavy atom. The maximum atomic E-state index is 14.2. The molecule has 2 aromatic carbocycles. The zero-order valence-corrected chi connectivity index (χ0v) is 13.5. The number of hydrogen-bond acceptors (Lipinski definition) is 2. The molecule has 0 aliphatic heterocycles. The molecule has 0 aliphatic carbocycles. The Labute approximate surface area is 139 Å². The largest absolute Gasteiger partial charge is 0.494 e. The van der Waals surface area contributed by atoms with Crippen molar-refractivity contribution in [2.75, 3.05) is 7.11 Å². The van der Waals surface area contributed by atoms with Crippen molar-refractivity contribution in [3.63, 3.8) is 0 Å². The fourth-order valence-corrected chi connectivity index (χ4v) is 3.05. The lowest BCUT2D eigenvalue weighted by molar-refractivity contribution is -0.136. The van der Waals surface area contributed by atoms with Crippen molar-refractivity contribution >= 4 is 16.9 Å². The summed E-state index contributed by atoms with van der Waals surface area (Å²) in [6, 6.07) is 12.8. The van der Waals surface area contributed by atoms with E-state index in [9.17, 15) is 14.3 Å². The lowest BCUT2D eigenvalue weighted by Crippen LogP contribution is -2.05. The van der Waals surface area contributed by atoms with Gasteiger partial charge in [-0.2, -0.15) is 0 Å². The highest BCUT2D eigenvalue weighted by molar-refractivity contribution is 5.90. The van der Waals surface area contributed by atoms with E-state index in [1.807, 2.05) is 41.8 Å². The third kappa shape index (κ3) is 2.85. The zero-order chi connectivity index (χ0) is 17.3. The summed E-state index contributed by atoms with van der Waals surface area (Å²) in [7, 11) is 1.40. The minimum atomic E-state index is -0.917. The second kappa shape index (κ2) is 6.35. The Balaban J connectivity index is 2.22. The van der Waals surface area contributed by atoms with Crippen molar-refractivity contribution in [1.29, 1.82) is 0 Å². The van der Waals surface area contributed by atoms with Crippen LogP contribution >= 0.6 is 0 Å². The van der Waals surface area contributed by atoms with Crippen LogP contribution in [0.5, 0.6) is 5.75 Å². The van der Waals surface area contributed by atoms with E-state index in [-0.39, 0.29) is 12.2 Å². The van der Waals surface area contributed by atoms with Crippen LogP contribution in [0.3, 0.4) is 0 Å². The lowest BCUT2D eigenvalue weighted by atomic mass is 10.1. The Kier molecular flexibility index (Phi) is 4.25. The van der Waals surface area contributed by atoms with Crippen LogP contribution < -0.4 is 4.74 Å². The number of hydrogen-bond donors (Lipinski definition) is 1. The van der Waals surface area contributed by atoms with E-state index >= 15 is 0 Å². The van der Waals surface area contributed by atoms with Gasteiger partial charge < -0.3 is 14.4 Å². The molecule has 0 amide bonds. The minimum Gasteiger partial charge on any atom is -0.494 e. The van der Waals surface area contributed by atoms with Crippen molar-refractivity contribution in [3.8, 4) is 5.75 Å². The smallest absolute Gasteiger partial charge is 0.307 e. The molecule has 0 saturated heterocycles. The van der Waals surface area contributed by atoms with Gasteiger partial charge in [-0.15, -0.1) is 0 Å². The van der Waals surface area contributed by atoms with Gasteiger partial charge in [-0.25, -0.2) is 4.39 Å². The molecule has 1 N–H and O–H groups in total. The minimum absolute atomic E-state index is 0.112. The Morgan fingerprint density at radius 1 is 1.25 bits per heavy atom. The number of nitrogens with zero attached hydrogens (tertiary/aromatic N) is 1. The van der Waals surface area contributed by atoms with Crippen LogP contribution in [0.1, 0.15) is 16.8 Å².